The predicted molar refractivity (Wildman–Crippen MR) is 95.6 cm³/mol. The Labute approximate surface area is 152 Å². The van der Waals surface area contributed by atoms with Gasteiger partial charge in [0.25, 0.3) is 0 Å². The van der Waals surface area contributed by atoms with E-state index in [1.807, 2.05) is 0 Å². The summed E-state index contributed by atoms with van der Waals surface area (Å²) >= 11 is 1.35. The van der Waals surface area contributed by atoms with Crippen molar-refractivity contribution in [3.05, 3.63) is 11.1 Å². The number of fused-ring (bicyclic) bond motifs is 2. The molecule has 3 heterocycles. The number of amides is 1. The number of halogens is 1. The topological polar surface area (TPSA) is 80.3 Å². The normalized spacial score (nSPS) is 25.0. The van der Waals surface area contributed by atoms with Crippen molar-refractivity contribution in [1.29, 1.82) is 0 Å². The molecule has 2 aliphatic rings. The number of carbonyl (C=O) groups is 2. The molecule has 2 atom stereocenters. The van der Waals surface area contributed by atoms with Gasteiger partial charge in [-0.05, 0) is 38.5 Å². The zero-order chi connectivity index (χ0) is 16.2. The summed E-state index contributed by atoms with van der Waals surface area (Å²) in [5.41, 5.74) is 0.642. The molecule has 0 spiro atoms. The molecule has 2 saturated heterocycles. The third-order valence-corrected chi connectivity index (χ3v) is 5.28. The number of hydrogen-bond donors (Lipinski definition) is 2. The second-order valence-electron chi connectivity index (χ2n) is 6.35. The van der Waals surface area contributed by atoms with Crippen molar-refractivity contribution >= 4 is 40.8 Å². The van der Waals surface area contributed by atoms with E-state index in [2.05, 4.69) is 15.6 Å². The highest BCUT2D eigenvalue weighted by Gasteiger charge is 2.34. The van der Waals surface area contributed by atoms with Crippen LogP contribution in [0.1, 0.15) is 44.7 Å². The van der Waals surface area contributed by atoms with Crippen molar-refractivity contribution in [2.45, 2.75) is 57.5 Å². The molecule has 2 N–H and O–H groups in total. The highest BCUT2D eigenvalue weighted by Crippen LogP contribution is 2.32. The van der Waals surface area contributed by atoms with Gasteiger partial charge >= 0.3 is 5.97 Å². The Bertz CT molecular complexity index is 569. The average molecular weight is 374 g/mol. The van der Waals surface area contributed by atoms with E-state index in [0.29, 0.717) is 41.9 Å². The van der Waals surface area contributed by atoms with E-state index in [4.69, 9.17) is 4.74 Å². The molecule has 0 saturated carbocycles. The van der Waals surface area contributed by atoms with Gasteiger partial charge in [-0.3, -0.25) is 9.59 Å². The van der Waals surface area contributed by atoms with E-state index in [1.54, 1.807) is 12.3 Å². The third kappa shape index (κ3) is 5.16. The molecule has 0 radical (unpaired) electrons. The van der Waals surface area contributed by atoms with E-state index in [9.17, 15) is 9.59 Å². The maximum Gasteiger partial charge on any atom is 0.311 e. The number of esters is 1. The van der Waals surface area contributed by atoms with Crippen LogP contribution in [0.5, 0.6) is 0 Å². The largest absolute Gasteiger partial charge is 0.466 e. The molecule has 6 nitrogen and oxygen atoms in total. The number of piperidine rings is 1. The molecule has 24 heavy (non-hydrogen) atoms. The molecule has 2 aliphatic heterocycles. The zero-order valence-corrected chi connectivity index (χ0v) is 15.4. The minimum atomic E-state index is -0.291. The van der Waals surface area contributed by atoms with E-state index in [1.165, 1.54) is 24.2 Å². The predicted octanol–water partition coefficient (Wildman–Crippen LogP) is 2.53. The van der Waals surface area contributed by atoms with Gasteiger partial charge in [0.1, 0.15) is 0 Å². The number of aromatic nitrogens is 1. The molecule has 0 aliphatic carbocycles. The average Bonchev–Trinajstić information content (AvgIpc) is 3.05. The van der Waals surface area contributed by atoms with E-state index in [-0.39, 0.29) is 30.7 Å². The van der Waals surface area contributed by atoms with Crippen molar-refractivity contribution in [3.8, 4) is 0 Å². The lowest BCUT2D eigenvalue weighted by Gasteiger charge is -2.28. The molecule has 1 aromatic rings. The van der Waals surface area contributed by atoms with Crippen LogP contribution in [0, 0.1) is 5.92 Å². The smallest absolute Gasteiger partial charge is 0.311 e. The van der Waals surface area contributed by atoms with Gasteiger partial charge in [0.15, 0.2) is 5.13 Å². The van der Waals surface area contributed by atoms with Gasteiger partial charge in [0.2, 0.25) is 5.91 Å². The molecule has 2 fully saturated rings. The van der Waals surface area contributed by atoms with Crippen LogP contribution in [0.25, 0.3) is 0 Å². The van der Waals surface area contributed by atoms with Crippen LogP contribution in [0.3, 0.4) is 0 Å². The number of rotatable bonds is 6. The molecule has 3 rings (SSSR count). The first-order chi connectivity index (χ1) is 11.1. The Morgan fingerprint density at radius 3 is 2.75 bits per heavy atom. The lowest BCUT2D eigenvalue weighted by atomic mass is 9.89. The van der Waals surface area contributed by atoms with Crippen LogP contribution < -0.4 is 10.6 Å². The summed E-state index contributed by atoms with van der Waals surface area (Å²) in [6.07, 6.45) is 5.38. The fourth-order valence-electron chi connectivity index (χ4n) is 3.58. The lowest BCUT2D eigenvalue weighted by molar-refractivity contribution is -0.142. The Morgan fingerprint density at radius 1 is 1.38 bits per heavy atom. The molecule has 8 heteroatoms. The lowest BCUT2D eigenvalue weighted by Crippen LogP contribution is -2.39. The van der Waals surface area contributed by atoms with Gasteiger partial charge in [-0.25, -0.2) is 4.98 Å². The Hall–Kier alpha value is -1.18. The number of ether oxygens (including phenoxy) is 1. The highest BCUT2D eigenvalue weighted by molar-refractivity contribution is 7.13. The number of carbonyl (C=O) groups excluding carboxylic acids is 2. The highest BCUT2D eigenvalue weighted by atomic mass is 35.5. The molecule has 2 unspecified atom stereocenters. The Balaban J connectivity index is 0.00000208. The standard InChI is InChI=1S/C16H23N3O3S.ClH/c1-2-22-15(21)8-13-9-23-16(18-13)19-14(20)7-10-5-11-3-4-12(6-10)17-11;/h9-12,17H,2-8H2,1H3,(H,18,19,20);1H. The van der Waals surface area contributed by atoms with E-state index >= 15 is 0 Å². The summed E-state index contributed by atoms with van der Waals surface area (Å²) in [7, 11) is 0. The molecule has 1 aromatic heterocycles. The van der Waals surface area contributed by atoms with Crippen molar-refractivity contribution in [2.75, 3.05) is 11.9 Å². The number of nitrogens with zero attached hydrogens (tertiary/aromatic N) is 1. The Morgan fingerprint density at radius 2 is 2.08 bits per heavy atom. The zero-order valence-electron chi connectivity index (χ0n) is 13.7. The molecular weight excluding hydrogens is 350 g/mol. The summed E-state index contributed by atoms with van der Waals surface area (Å²) in [5, 5.41) is 8.80. The van der Waals surface area contributed by atoms with Gasteiger partial charge in [-0.1, -0.05) is 0 Å². The minimum Gasteiger partial charge on any atom is -0.466 e. The number of hydrogen-bond acceptors (Lipinski definition) is 6. The van der Waals surface area contributed by atoms with Gasteiger partial charge in [-0.15, -0.1) is 23.7 Å². The van der Waals surface area contributed by atoms with Crippen LogP contribution in [0.15, 0.2) is 5.38 Å². The number of anilines is 1. The van der Waals surface area contributed by atoms with Crippen LogP contribution in [0.2, 0.25) is 0 Å². The van der Waals surface area contributed by atoms with Crippen molar-refractivity contribution in [3.63, 3.8) is 0 Å². The van der Waals surface area contributed by atoms with Crippen LogP contribution >= 0.6 is 23.7 Å². The summed E-state index contributed by atoms with van der Waals surface area (Å²) in [5.74, 6) is 0.196. The first kappa shape index (κ1) is 19.1. The summed E-state index contributed by atoms with van der Waals surface area (Å²) in [6, 6.07) is 1.20. The monoisotopic (exact) mass is 373 g/mol. The first-order valence-corrected chi connectivity index (χ1v) is 9.16. The minimum absolute atomic E-state index is 0. The number of thiazole rings is 1. The van der Waals surface area contributed by atoms with Gasteiger partial charge < -0.3 is 15.4 Å². The van der Waals surface area contributed by atoms with Gasteiger partial charge in [0.05, 0.1) is 18.7 Å². The Kier molecular flexibility index (Phi) is 7.01. The molecule has 1 amide bonds. The van der Waals surface area contributed by atoms with Crippen molar-refractivity contribution in [1.82, 2.24) is 10.3 Å². The number of nitrogens with one attached hydrogen (secondary N) is 2. The molecule has 0 aromatic carbocycles. The molecular formula is C16H24ClN3O3S. The summed E-state index contributed by atoms with van der Waals surface area (Å²) in [4.78, 5) is 27.9. The first-order valence-electron chi connectivity index (χ1n) is 8.28. The quantitative estimate of drug-likeness (QED) is 0.749. The SMILES string of the molecule is CCOC(=O)Cc1csc(NC(=O)CC2CC3CCC(C2)N3)n1.Cl. The maximum absolute atomic E-state index is 12.2. The summed E-state index contributed by atoms with van der Waals surface area (Å²) in [6.45, 7) is 2.14. The van der Waals surface area contributed by atoms with Gasteiger partial charge in [-0.2, -0.15) is 0 Å². The maximum atomic E-state index is 12.2. The third-order valence-electron chi connectivity index (χ3n) is 4.47. The van der Waals surface area contributed by atoms with Crippen LogP contribution in [0.4, 0.5) is 5.13 Å². The van der Waals surface area contributed by atoms with Crippen molar-refractivity contribution in [2.24, 2.45) is 5.92 Å². The summed E-state index contributed by atoms with van der Waals surface area (Å²) < 4.78 is 4.90. The molecule has 2 bridgehead atoms. The molecule has 134 valence electrons. The van der Waals surface area contributed by atoms with Crippen LogP contribution in [-0.4, -0.2) is 35.6 Å². The second-order valence-corrected chi connectivity index (χ2v) is 7.21. The fourth-order valence-corrected chi connectivity index (χ4v) is 4.31. The van der Waals surface area contributed by atoms with E-state index < -0.39 is 0 Å². The fraction of sp³-hybridized carbons (Fsp3) is 0.688. The van der Waals surface area contributed by atoms with E-state index in [0.717, 1.165) is 12.8 Å². The van der Waals surface area contributed by atoms with Crippen molar-refractivity contribution < 1.29 is 14.3 Å². The van der Waals surface area contributed by atoms with Crippen LogP contribution in [-0.2, 0) is 20.7 Å². The second kappa shape index (κ2) is 8.78. The van der Waals surface area contributed by atoms with Gasteiger partial charge in [0, 0.05) is 23.9 Å².